The topological polar surface area (TPSA) is 74.5 Å². The zero-order valence-electron chi connectivity index (χ0n) is 15.6. The molecule has 8 heteroatoms. The maximum atomic E-state index is 5.61. The summed E-state index contributed by atoms with van der Waals surface area (Å²) in [7, 11) is 0. The number of hydrogen-bond acceptors (Lipinski definition) is 7. The normalized spacial score (nSPS) is 28.4. The van der Waals surface area contributed by atoms with Gasteiger partial charge in [0, 0.05) is 19.2 Å². The molecule has 144 valence electrons. The van der Waals surface area contributed by atoms with E-state index < -0.39 is 0 Å². The quantitative estimate of drug-likeness (QED) is 0.818. The first-order chi connectivity index (χ1) is 13.3. The Hall–Kier alpha value is -2.19. The molecule has 3 heterocycles. The van der Waals surface area contributed by atoms with Gasteiger partial charge in [0.25, 0.3) is 0 Å². The predicted molar refractivity (Wildman–Crippen MR) is 97.0 cm³/mol. The fourth-order valence-corrected chi connectivity index (χ4v) is 4.58. The summed E-state index contributed by atoms with van der Waals surface area (Å²) in [6, 6.07) is 5.87. The van der Waals surface area contributed by atoms with Crippen molar-refractivity contribution in [3.8, 4) is 17.2 Å². The van der Waals surface area contributed by atoms with E-state index in [1.54, 1.807) is 0 Å². The van der Waals surface area contributed by atoms with Crippen LogP contribution in [0.15, 0.2) is 18.2 Å². The lowest BCUT2D eigenvalue weighted by Gasteiger charge is -2.47. The molecule has 27 heavy (non-hydrogen) atoms. The molecule has 3 aliphatic rings. The summed E-state index contributed by atoms with van der Waals surface area (Å²) >= 11 is 0. The van der Waals surface area contributed by atoms with Gasteiger partial charge in [0.15, 0.2) is 17.3 Å². The lowest BCUT2D eigenvalue weighted by Crippen LogP contribution is -2.54. The van der Waals surface area contributed by atoms with Gasteiger partial charge >= 0.3 is 0 Å². The molecule has 0 radical (unpaired) electrons. The minimum absolute atomic E-state index is 0.143. The average molecular weight is 371 g/mol. The molecular weight excluding hydrogens is 346 g/mol. The lowest BCUT2D eigenvalue weighted by molar-refractivity contribution is -0.0499. The standard InChI is InChI=1S/C19H25N5O3/c1-14-4-6-19(7-5-14,23-8-10-25-11-9-23)18-20-21-22-24(18)15-2-3-16-17(12-15)27-13-26-16/h2-3,12,14H,4-11,13H2,1H3. The number of morpholine rings is 1. The van der Waals surface area contributed by atoms with Crippen LogP contribution in [0.5, 0.6) is 11.5 Å². The van der Waals surface area contributed by atoms with Gasteiger partial charge in [-0.3, -0.25) is 4.90 Å². The highest BCUT2D eigenvalue weighted by Gasteiger charge is 2.45. The van der Waals surface area contributed by atoms with Crippen LogP contribution in [-0.4, -0.2) is 58.2 Å². The van der Waals surface area contributed by atoms with Crippen molar-refractivity contribution >= 4 is 0 Å². The molecule has 2 aromatic rings. The number of ether oxygens (including phenoxy) is 3. The maximum Gasteiger partial charge on any atom is 0.231 e. The first kappa shape index (κ1) is 16.9. The third-order valence-electron chi connectivity index (χ3n) is 6.20. The van der Waals surface area contributed by atoms with Crippen LogP contribution in [0, 0.1) is 5.92 Å². The Morgan fingerprint density at radius 3 is 2.67 bits per heavy atom. The largest absolute Gasteiger partial charge is 0.454 e. The summed E-state index contributed by atoms with van der Waals surface area (Å²) in [6.45, 7) is 5.97. The minimum Gasteiger partial charge on any atom is -0.454 e. The van der Waals surface area contributed by atoms with Gasteiger partial charge in [-0.1, -0.05) is 6.92 Å². The summed E-state index contributed by atoms with van der Waals surface area (Å²) in [5, 5.41) is 12.9. The van der Waals surface area contributed by atoms with Crippen LogP contribution in [0.3, 0.4) is 0 Å². The number of rotatable bonds is 3. The third kappa shape index (κ3) is 2.87. The fourth-order valence-electron chi connectivity index (χ4n) is 4.58. The molecule has 5 rings (SSSR count). The van der Waals surface area contributed by atoms with Crippen LogP contribution in [0.2, 0.25) is 0 Å². The zero-order valence-corrected chi connectivity index (χ0v) is 15.6. The summed E-state index contributed by atoms with van der Waals surface area (Å²) in [5.74, 6) is 3.18. The molecule has 0 bridgehead atoms. The first-order valence-corrected chi connectivity index (χ1v) is 9.78. The first-order valence-electron chi connectivity index (χ1n) is 9.78. The molecule has 2 fully saturated rings. The molecule has 0 spiro atoms. The highest BCUT2D eigenvalue weighted by atomic mass is 16.7. The number of hydrogen-bond donors (Lipinski definition) is 0. The predicted octanol–water partition coefficient (Wildman–Crippen LogP) is 2.13. The minimum atomic E-state index is -0.143. The van der Waals surface area contributed by atoms with Gasteiger partial charge in [-0.05, 0) is 54.2 Å². The van der Waals surface area contributed by atoms with E-state index in [4.69, 9.17) is 14.2 Å². The molecule has 0 unspecified atom stereocenters. The molecule has 0 amide bonds. The summed E-state index contributed by atoms with van der Waals surface area (Å²) in [5.41, 5.74) is 0.765. The molecule has 1 saturated carbocycles. The van der Waals surface area contributed by atoms with Gasteiger partial charge in [-0.2, -0.15) is 4.68 Å². The number of nitrogens with zero attached hydrogens (tertiary/aromatic N) is 5. The van der Waals surface area contributed by atoms with Gasteiger partial charge in [-0.15, -0.1) is 5.10 Å². The highest BCUT2D eigenvalue weighted by Crippen LogP contribution is 2.44. The number of fused-ring (bicyclic) bond motifs is 1. The average Bonchev–Trinajstić information content (AvgIpc) is 3.38. The smallest absolute Gasteiger partial charge is 0.231 e. The van der Waals surface area contributed by atoms with Crippen molar-refractivity contribution in [3.63, 3.8) is 0 Å². The van der Waals surface area contributed by atoms with Crippen LogP contribution in [0.25, 0.3) is 5.69 Å². The molecule has 0 atom stereocenters. The van der Waals surface area contributed by atoms with Crippen LogP contribution < -0.4 is 9.47 Å². The van der Waals surface area contributed by atoms with Crippen molar-refractivity contribution in [3.05, 3.63) is 24.0 Å². The Morgan fingerprint density at radius 2 is 1.85 bits per heavy atom. The molecule has 0 N–H and O–H groups in total. The van der Waals surface area contributed by atoms with Gasteiger partial charge in [-0.25, -0.2) is 0 Å². The Kier molecular flexibility index (Phi) is 4.24. The van der Waals surface area contributed by atoms with Gasteiger partial charge in [0.05, 0.1) is 24.4 Å². The van der Waals surface area contributed by atoms with E-state index in [9.17, 15) is 0 Å². The van der Waals surface area contributed by atoms with Crippen molar-refractivity contribution in [2.24, 2.45) is 5.92 Å². The van der Waals surface area contributed by atoms with E-state index in [0.717, 1.165) is 68.1 Å². The van der Waals surface area contributed by atoms with E-state index in [2.05, 4.69) is 27.3 Å². The van der Waals surface area contributed by atoms with Crippen molar-refractivity contribution in [2.45, 2.75) is 38.1 Å². The van der Waals surface area contributed by atoms with Gasteiger partial charge in [0.2, 0.25) is 6.79 Å². The van der Waals surface area contributed by atoms with Crippen molar-refractivity contribution < 1.29 is 14.2 Å². The second kappa shape index (κ2) is 6.76. The molecule has 8 nitrogen and oxygen atoms in total. The van der Waals surface area contributed by atoms with Gasteiger partial charge < -0.3 is 14.2 Å². The van der Waals surface area contributed by atoms with Crippen LogP contribution in [-0.2, 0) is 10.3 Å². The zero-order chi connectivity index (χ0) is 18.3. The van der Waals surface area contributed by atoms with Crippen LogP contribution in [0.4, 0.5) is 0 Å². The molecular formula is C19H25N5O3. The number of tetrazole rings is 1. The van der Waals surface area contributed by atoms with E-state index in [1.807, 2.05) is 22.9 Å². The second-order valence-electron chi connectivity index (χ2n) is 7.77. The Labute approximate surface area is 158 Å². The summed E-state index contributed by atoms with van der Waals surface area (Å²) in [6.07, 6.45) is 4.51. The molecule has 1 saturated heterocycles. The van der Waals surface area contributed by atoms with Crippen molar-refractivity contribution in [2.75, 3.05) is 33.1 Å². The highest BCUT2D eigenvalue weighted by molar-refractivity contribution is 5.50. The SMILES string of the molecule is CC1CCC(c2nnnn2-c2ccc3c(c2)OCO3)(N2CCOCC2)CC1. The lowest BCUT2D eigenvalue weighted by atomic mass is 9.75. The van der Waals surface area contributed by atoms with E-state index >= 15 is 0 Å². The molecule has 1 aliphatic carbocycles. The van der Waals surface area contributed by atoms with Crippen molar-refractivity contribution in [1.29, 1.82) is 0 Å². The van der Waals surface area contributed by atoms with Gasteiger partial charge in [0.1, 0.15) is 0 Å². The summed E-state index contributed by atoms with van der Waals surface area (Å²) < 4.78 is 18.5. The molecule has 1 aromatic heterocycles. The van der Waals surface area contributed by atoms with Crippen molar-refractivity contribution in [1.82, 2.24) is 25.1 Å². The Bertz CT molecular complexity index is 809. The third-order valence-corrected chi connectivity index (χ3v) is 6.20. The molecule has 2 aliphatic heterocycles. The van der Waals surface area contributed by atoms with Crippen LogP contribution >= 0.6 is 0 Å². The van der Waals surface area contributed by atoms with E-state index in [0.29, 0.717) is 0 Å². The summed E-state index contributed by atoms with van der Waals surface area (Å²) in [4.78, 5) is 2.54. The Balaban J connectivity index is 1.56. The van der Waals surface area contributed by atoms with E-state index in [-0.39, 0.29) is 12.3 Å². The van der Waals surface area contributed by atoms with Crippen LogP contribution in [0.1, 0.15) is 38.4 Å². The fraction of sp³-hybridized carbons (Fsp3) is 0.632. The maximum absolute atomic E-state index is 5.61. The second-order valence-corrected chi connectivity index (χ2v) is 7.77. The number of benzene rings is 1. The molecule has 1 aromatic carbocycles. The Morgan fingerprint density at radius 1 is 1.07 bits per heavy atom. The van der Waals surface area contributed by atoms with E-state index in [1.165, 1.54) is 12.8 Å². The monoisotopic (exact) mass is 371 g/mol. The number of aromatic nitrogens is 4.